The largest absolute Gasteiger partial charge is 0.491 e. The van der Waals surface area contributed by atoms with Gasteiger partial charge in [-0.1, -0.05) is 31.2 Å². The van der Waals surface area contributed by atoms with Gasteiger partial charge in [-0.05, 0) is 54.1 Å². The number of para-hydroxylation sites is 2. The van der Waals surface area contributed by atoms with Gasteiger partial charge in [-0.15, -0.1) is 0 Å². The maximum Gasteiger partial charge on any atom is 0.162 e. The van der Waals surface area contributed by atoms with Crippen LogP contribution in [0.4, 0.5) is 4.39 Å². The number of nitrogens with zero attached hydrogens (tertiary/aromatic N) is 2. The molecule has 0 aliphatic rings. The van der Waals surface area contributed by atoms with Crippen LogP contribution >= 0.6 is 0 Å². The molecule has 0 aliphatic heterocycles. The van der Waals surface area contributed by atoms with E-state index in [-0.39, 0.29) is 18.2 Å². The Labute approximate surface area is 186 Å². The zero-order valence-electron chi connectivity index (χ0n) is 17.9. The molecule has 164 valence electrons. The van der Waals surface area contributed by atoms with Crippen LogP contribution in [-0.4, -0.2) is 33.2 Å². The Morgan fingerprint density at radius 1 is 1.06 bits per heavy atom. The van der Waals surface area contributed by atoms with Crippen molar-refractivity contribution < 1.29 is 19.0 Å². The predicted octanol–water partition coefficient (Wildman–Crippen LogP) is 4.80. The fraction of sp³-hybridized carbons (Fsp3) is 0.231. The molecule has 1 aromatic heterocycles. The molecular weight excluding hydrogens is 407 g/mol. The third-order valence-corrected chi connectivity index (χ3v) is 5.34. The van der Waals surface area contributed by atoms with Crippen LogP contribution in [0.15, 0.2) is 72.8 Å². The summed E-state index contributed by atoms with van der Waals surface area (Å²) in [4.78, 5) is 16.5. The Bertz CT molecular complexity index is 1200. The van der Waals surface area contributed by atoms with E-state index in [1.165, 1.54) is 12.1 Å². The summed E-state index contributed by atoms with van der Waals surface area (Å²) >= 11 is 0. The molecule has 0 bridgehead atoms. The van der Waals surface area contributed by atoms with E-state index >= 15 is 0 Å². The van der Waals surface area contributed by atoms with E-state index in [2.05, 4.69) is 0 Å². The van der Waals surface area contributed by atoms with Crippen LogP contribution in [0.5, 0.6) is 5.75 Å². The molecule has 0 saturated carbocycles. The van der Waals surface area contributed by atoms with Crippen molar-refractivity contribution in [2.24, 2.45) is 0 Å². The molecule has 4 rings (SSSR count). The number of aliphatic hydroxyl groups excluding tert-OH is 1. The summed E-state index contributed by atoms with van der Waals surface area (Å²) in [6.07, 6.45) is 0.213. The lowest BCUT2D eigenvalue weighted by Crippen LogP contribution is -2.24. The van der Waals surface area contributed by atoms with Gasteiger partial charge in [0.05, 0.1) is 17.6 Å². The number of fused-ring (bicyclic) bond motifs is 1. The van der Waals surface area contributed by atoms with Gasteiger partial charge in [0.15, 0.2) is 5.78 Å². The minimum absolute atomic E-state index is 0.0808. The van der Waals surface area contributed by atoms with Crippen molar-refractivity contribution in [2.45, 2.75) is 32.4 Å². The van der Waals surface area contributed by atoms with Crippen LogP contribution in [0.1, 0.15) is 35.1 Å². The molecule has 0 spiro atoms. The molecule has 3 aromatic carbocycles. The topological polar surface area (TPSA) is 64.3 Å². The number of Topliss-reactive ketones (excluding diaryl/α,β-unsaturated/α-hetero) is 1. The number of ketones is 1. The van der Waals surface area contributed by atoms with Gasteiger partial charge in [-0.25, -0.2) is 9.37 Å². The Morgan fingerprint density at radius 3 is 2.50 bits per heavy atom. The summed E-state index contributed by atoms with van der Waals surface area (Å²) < 4.78 is 21.0. The average Bonchev–Trinajstić information content (AvgIpc) is 3.15. The van der Waals surface area contributed by atoms with Crippen molar-refractivity contribution in [1.29, 1.82) is 0 Å². The van der Waals surface area contributed by atoms with E-state index in [0.29, 0.717) is 30.7 Å². The first-order valence-electron chi connectivity index (χ1n) is 10.7. The molecule has 4 aromatic rings. The Morgan fingerprint density at radius 2 is 1.78 bits per heavy atom. The third kappa shape index (κ3) is 5.03. The molecule has 0 amide bonds. The van der Waals surface area contributed by atoms with Gasteiger partial charge >= 0.3 is 0 Å². The highest BCUT2D eigenvalue weighted by Gasteiger charge is 2.15. The zero-order valence-corrected chi connectivity index (χ0v) is 17.9. The number of rotatable bonds is 9. The first-order valence-corrected chi connectivity index (χ1v) is 10.7. The van der Waals surface area contributed by atoms with Crippen molar-refractivity contribution in [3.05, 3.63) is 95.6 Å². The summed E-state index contributed by atoms with van der Waals surface area (Å²) in [7, 11) is 0. The lowest BCUT2D eigenvalue weighted by atomic mass is 10.1. The number of carbonyl (C=O) groups excluding carboxylic acids is 1. The van der Waals surface area contributed by atoms with Crippen LogP contribution in [0, 0.1) is 5.82 Å². The number of hydrogen-bond acceptors (Lipinski definition) is 4. The average molecular weight is 432 g/mol. The number of aromatic nitrogens is 2. The van der Waals surface area contributed by atoms with E-state index in [0.717, 1.165) is 22.4 Å². The lowest BCUT2D eigenvalue weighted by Gasteiger charge is -2.16. The second kappa shape index (κ2) is 9.75. The minimum atomic E-state index is -0.767. The van der Waals surface area contributed by atoms with Crippen molar-refractivity contribution >= 4 is 16.8 Å². The van der Waals surface area contributed by atoms with E-state index < -0.39 is 6.10 Å². The number of imidazole rings is 1. The highest BCUT2D eigenvalue weighted by molar-refractivity contribution is 5.95. The predicted molar refractivity (Wildman–Crippen MR) is 122 cm³/mol. The van der Waals surface area contributed by atoms with Crippen molar-refractivity contribution in [1.82, 2.24) is 9.55 Å². The monoisotopic (exact) mass is 432 g/mol. The molecular formula is C26H25FN2O3. The number of halogens is 1. The standard InChI is InChI=1S/C26H25FN2O3/c1-2-25(31)19-9-13-22(14-10-19)32-17-21(30)16-29-24-6-4-3-5-23(24)28-26(29)15-18-7-11-20(27)12-8-18/h3-14,21,30H,2,15-17H2,1H3. The summed E-state index contributed by atoms with van der Waals surface area (Å²) in [5.74, 6) is 1.19. The van der Waals surface area contributed by atoms with Crippen molar-refractivity contribution in [3.8, 4) is 5.75 Å². The molecule has 1 unspecified atom stereocenters. The third-order valence-electron chi connectivity index (χ3n) is 5.34. The molecule has 0 aliphatic carbocycles. The molecule has 1 atom stereocenters. The molecule has 32 heavy (non-hydrogen) atoms. The molecule has 5 nitrogen and oxygen atoms in total. The van der Waals surface area contributed by atoms with Crippen LogP contribution in [0.2, 0.25) is 0 Å². The Kier molecular flexibility index (Phi) is 6.61. The SMILES string of the molecule is CCC(=O)c1ccc(OCC(O)Cn2c(Cc3ccc(F)cc3)nc3ccccc32)cc1. The van der Waals surface area contributed by atoms with Crippen LogP contribution < -0.4 is 4.74 Å². The molecule has 0 radical (unpaired) electrons. The van der Waals surface area contributed by atoms with Crippen LogP contribution in [-0.2, 0) is 13.0 Å². The van der Waals surface area contributed by atoms with Gasteiger partial charge in [0.2, 0.25) is 0 Å². The second-order valence-electron chi connectivity index (χ2n) is 7.70. The minimum Gasteiger partial charge on any atom is -0.491 e. The highest BCUT2D eigenvalue weighted by Crippen LogP contribution is 2.20. The zero-order chi connectivity index (χ0) is 22.5. The summed E-state index contributed by atoms with van der Waals surface area (Å²) in [6.45, 7) is 2.24. The maximum absolute atomic E-state index is 13.3. The van der Waals surface area contributed by atoms with Gasteiger partial charge < -0.3 is 14.4 Å². The number of hydrogen-bond donors (Lipinski definition) is 1. The number of benzene rings is 3. The Hall–Kier alpha value is -3.51. The van der Waals surface area contributed by atoms with E-state index in [1.807, 2.05) is 35.8 Å². The summed E-state index contributed by atoms with van der Waals surface area (Å²) in [5, 5.41) is 10.7. The Balaban J connectivity index is 1.47. The van der Waals surface area contributed by atoms with Gasteiger partial charge in [0.25, 0.3) is 0 Å². The number of ether oxygens (including phenoxy) is 1. The molecule has 1 N–H and O–H groups in total. The highest BCUT2D eigenvalue weighted by atomic mass is 19.1. The number of carbonyl (C=O) groups is 1. The summed E-state index contributed by atoms with van der Waals surface area (Å²) in [6, 6.07) is 21.1. The van der Waals surface area contributed by atoms with Crippen molar-refractivity contribution in [3.63, 3.8) is 0 Å². The van der Waals surface area contributed by atoms with E-state index in [9.17, 15) is 14.3 Å². The first kappa shape index (κ1) is 21.7. The molecule has 0 saturated heterocycles. The van der Waals surface area contributed by atoms with Crippen molar-refractivity contribution in [2.75, 3.05) is 6.61 Å². The van der Waals surface area contributed by atoms with Gasteiger partial charge in [0, 0.05) is 18.4 Å². The molecule has 6 heteroatoms. The summed E-state index contributed by atoms with van der Waals surface area (Å²) in [5.41, 5.74) is 3.35. The fourth-order valence-corrected chi connectivity index (χ4v) is 3.65. The van der Waals surface area contributed by atoms with Gasteiger partial charge in [0.1, 0.15) is 30.1 Å². The number of aliphatic hydroxyl groups is 1. The van der Waals surface area contributed by atoms with Gasteiger partial charge in [-0.2, -0.15) is 0 Å². The van der Waals surface area contributed by atoms with Gasteiger partial charge in [-0.3, -0.25) is 4.79 Å². The smallest absolute Gasteiger partial charge is 0.162 e. The van der Waals surface area contributed by atoms with E-state index in [4.69, 9.17) is 9.72 Å². The van der Waals surface area contributed by atoms with Crippen LogP contribution in [0.25, 0.3) is 11.0 Å². The van der Waals surface area contributed by atoms with E-state index in [1.54, 1.807) is 36.4 Å². The fourth-order valence-electron chi connectivity index (χ4n) is 3.65. The lowest BCUT2D eigenvalue weighted by molar-refractivity contribution is 0.0926. The second-order valence-corrected chi connectivity index (χ2v) is 7.70. The first-order chi connectivity index (χ1) is 15.5. The quantitative estimate of drug-likeness (QED) is 0.386. The van der Waals surface area contributed by atoms with Crippen LogP contribution in [0.3, 0.4) is 0 Å². The normalized spacial score (nSPS) is 12.1. The molecule has 0 fully saturated rings. The maximum atomic E-state index is 13.3. The molecule has 1 heterocycles.